The molecule has 1 atom stereocenters. The van der Waals surface area contributed by atoms with E-state index < -0.39 is 17.8 Å². The first kappa shape index (κ1) is 40.8. The van der Waals surface area contributed by atoms with Crippen LogP contribution < -0.4 is 15.4 Å². The predicted molar refractivity (Wildman–Crippen MR) is 220 cm³/mol. The number of carboxylic acid groups (broad SMARTS) is 1. The van der Waals surface area contributed by atoms with Crippen molar-refractivity contribution in [1.29, 1.82) is 0 Å². The highest BCUT2D eigenvalue weighted by molar-refractivity contribution is 5.98. The molecule has 0 aliphatic heterocycles. The van der Waals surface area contributed by atoms with E-state index in [0.717, 1.165) is 52.8 Å². The number of aromatic nitrogens is 2. The fraction of sp³-hybridized carbons (Fsp3) is 0.391. The fourth-order valence-electron chi connectivity index (χ4n) is 7.99. The van der Waals surface area contributed by atoms with Crippen molar-refractivity contribution in [2.75, 3.05) is 25.5 Å². The highest BCUT2D eigenvalue weighted by Gasteiger charge is 2.28. The quantitative estimate of drug-likeness (QED) is 0.104. The summed E-state index contributed by atoms with van der Waals surface area (Å²) in [5.74, 6) is 1.79. The Kier molecular flexibility index (Phi) is 14.2. The summed E-state index contributed by atoms with van der Waals surface area (Å²) in [6, 6.07) is 21.3. The molecule has 3 amide bonds. The predicted octanol–water partition coefficient (Wildman–Crippen LogP) is 7.97. The zero-order chi connectivity index (χ0) is 40.1. The maximum atomic E-state index is 13.8. The summed E-state index contributed by atoms with van der Waals surface area (Å²) in [5.41, 5.74) is 5.71. The molecule has 298 valence electrons. The molecular formula is C46H53N5O6. The van der Waals surface area contributed by atoms with Gasteiger partial charge in [-0.2, -0.15) is 0 Å². The Labute approximate surface area is 335 Å². The summed E-state index contributed by atoms with van der Waals surface area (Å²) in [6.45, 7) is 2.12. The van der Waals surface area contributed by atoms with Crippen LogP contribution in [0.4, 0.5) is 5.69 Å². The highest BCUT2D eigenvalue weighted by atomic mass is 16.5. The molecule has 1 fully saturated rings. The SMILES string of the molecule is CCC1CCC(C2CC=C(c3cnc(-c4ccc(CN(CC(=O)NCCC(=O)O)C(=O)c5ccc(NC(=O)Cc6ccc(OC)cc6)cc5)cc4)nc3)CC2)CC1. The topological polar surface area (TPSA) is 151 Å². The van der Waals surface area contributed by atoms with Gasteiger partial charge in [-0.15, -0.1) is 0 Å². The van der Waals surface area contributed by atoms with E-state index in [-0.39, 0.29) is 38.4 Å². The number of nitrogens with zero attached hydrogens (tertiary/aromatic N) is 3. The Balaban J connectivity index is 1.07. The molecule has 57 heavy (non-hydrogen) atoms. The van der Waals surface area contributed by atoms with Crippen LogP contribution in [-0.2, 0) is 27.3 Å². The molecule has 3 N–H and O–H groups in total. The highest BCUT2D eigenvalue weighted by Crippen LogP contribution is 2.41. The van der Waals surface area contributed by atoms with E-state index in [4.69, 9.17) is 19.8 Å². The second kappa shape index (κ2) is 19.8. The monoisotopic (exact) mass is 771 g/mol. The first-order chi connectivity index (χ1) is 27.7. The van der Waals surface area contributed by atoms with E-state index in [9.17, 15) is 19.2 Å². The summed E-state index contributed by atoms with van der Waals surface area (Å²) in [6.07, 6.45) is 16.5. The Morgan fingerprint density at radius 3 is 2.11 bits per heavy atom. The molecule has 1 aromatic heterocycles. The molecule has 1 saturated carbocycles. The van der Waals surface area contributed by atoms with Crippen molar-refractivity contribution >= 4 is 35.0 Å². The van der Waals surface area contributed by atoms with Crippen LogP contribution in [0.5, 0.6) is 5.75 Å². The van der Waals surface area contributed by atoms with Crippen molar-refractivity contribution in [3.05, 3.63) is 114 Å². The smallest absolute Gasteiger partial charge is 0.305 e. The molecule has 4 aromatic rings. The summed E-state index contributed by atoms with van der Waals surface area (Å²) < 4.78 is 5.17. The normalized spacial score (nSPS) is 17.9. The van der Waals surface area contributed by atoms with Crippen molar-refractivity contribution in [2.45, 2.75) is 77.7 Å². The standard InChI is InChI=1S/C46H53N5O6/c1-3-31-4-10-34(11-5-31)35-14-16-36(17-15-35)39-27-48-45(49-28-39)37-12-6-33(7-13-37)29-51(30-43(53)47-25-24-44(54)55)46(56)38-18-20-40(21-19-38)50-42(52)26-32-8-22-41(57-2)23-9-32/h6-9,12-13,16,18-23,27-28,31,34-35H,3-5,10-11,14-15,17,24-26,29-30H2,1-2H3,(H,47,53)(H,50,52)(H,54,55). The number of carbonyl (C=O) groups is 4. The number of hydrogen-bond acceptors (Lipinski definition) is 7. The maximum Gasteiger partial charge on any atom is 0.305 e. The van der Waals surface area contributed by atoms with Gasteiger partial charge in [0.1, 0.15) is 12.3 Å². The Morgan fingerprint density at radius 1 is 0.807 bits per heavy atom. The molecule has 11 heteroatoms. The van der Waals surface area contributed by atoms with Gasteiger partial charge in [-0.05, 0) is 103 Å². The molecule has 11 nitrogen and oxygen atoms in total. The molecule has 2 aliphatic rings. The minimum atomic E-state index is -1.03. The second-order valence-corrected chi connectivity index (χ2v) is 15.3. The lowest BCUT2D eigenvalue weighted by molar-refractivity contribution is -0.137. The third kappa shape index (κ3) is 11.6. The van der Waals surface area contributed by atoms with Crippen molar-refractivity contribution in [2.24, 2.45) is 17.8 Å². The molecule has 6 rings (SSSR count). The van der Waals surface area contributed by atoms with E-state index >= 15 is 0 Å². The zero-order valence-electron chi connectivity index (χ0n) is 32.9. The lowest BCUT2D eigenvalue weighted by atomic mass is 9.71. The van der Waals surface area contributed by atoms with Gasteiger partial charge in [-0.1, -0.05) is 68.7 Å². The second-order valence-electron chi connectivity index (χ2n) is 15.3. The number of ether oxygens (including phenoxy) is 1. The number of hydrogen-bond donors (Lipinski definition) is 3. The largest absolute Gasteiger partial charge is 0.497 e. The van der Waals surface area contributed by atoms with Crippen molar-refractivity contribution in [3.63, 3.8) is 0 Å². The number of nitrogens with one attached hydrogen (secondary N) is 2. The van der Waals surface area contributed by atoms with Gasteiger partial charge < -0.3 is 25.4 Å². The molecule has 1 unspecified atom stereocenters. The number of amides is 3. The number of anilines is 1. The van der Waals surface area contributed by atoms with Crippen LogP contribution in [0.15, 0.2) is 91.3 Å². The summed E-state index contributed by atoms with van der Waals surface area (Å²) in [5, 5.41) is 14.4. The van der Waals surface area contributed by atoms with E-state index in [1.807, 2.05) is 48.8 Å². The van der Waals surface area contributed by atoms with Gasteiger partial charge in [-0.25, -0.2) is 9.97 Å². The lowest BCUT2D eigenvalue weighted by Crippen LogP contribution is -2.40. The van der Waals surface area contributed by atoms with Gasteiger partial charge in [0.25, 0.3) is 5.91 Å². The molecular weight excluding hydrogens is 719 g/mol. The number of methoxy groups -OCH3 is 1. The number of rotatable bonds is 16. The Hall–Kier alpha value is -5.84. The van der Waals surface area contributed by atoms with Crippen molar-refractivity contribution in [3.8, 4) is 17.1 Å². The third-order valence-corrected chi connectivity index (χ3v) is 11.4. The maximum absolute atomic E-state index is 13.8. The van der Waals surface area contributed by atoms with Crippen LogP contribution in [0, 0.1) is 17.8 Å². The minimum Gasteiger partial charge on any atom is -0.497 e. The first-order valence-electron chi connectivity index (χ1n) is 20.1. The van der Waals surface area contributed by atoms with E-state index in [2.05, 4.69) is 23.6 Å². The summed E-state index contributed by atoms with van der Waals surface area (Å²) in [7, 11) is 1.58. The molecule has 1 heterocycles. The van der Waals surface area contributed by atoms with E-state index in [1.54, 1.807) is 43.5 Å². The van der Waals surface area contributed by atoms with Gasteiger partial charge in [0.15, 0.2) is 5.82 Å². The van der Waals surface area contributed by atoms with Crippen LogP contribution in [-0.4, -0.2) is 63.9 Å². The first-order valence-corrected chi connectivity index (χ1v) is 20.1. The van der Waals surface area contributed by atoms with Crippen LogP contribution >= 0.6 is 0 Å². The van der Waals surface area contributed by atoms with Crippen LogP contribution in [0.25, 0.3) is 17.0 Å². The van der Waals surface area contributed by atoms with E-state index in [1.165, 1.54) is 49.0 Å². The Morgan fingerprint density at radius 2 is 1.49 bits per heavy atom. The molecule has 0 spiro atoms. The summed E-state index contributed by atoms with van der Waals surface area (Å²) in [4.78, 5) is 61.1. The molecule has 0 bridgehead atoms. The number of allylic oxidation sites excluding steroid dienone is 2. The molecule has 3 aromatic carbocycles. The third-order valence-electron chi connectivity index (χ3n) is 11.4. The van der Waals surface area contributed by atoms with Gasteiger partial charge >= 0.3 is 5.97 Å². The Bertz CT molecular complexity index is 2000. The van der Waals surface area contributed by atoms with Gasteiger partial charge in [0, 0.05) is 47.9 Å². The minimum absolute atomic E-state index is 0.0493. The summed E-state index contributed by atoms with van der Waals surface area (Å²) >= 11 is 0. The molecule has 0 radical (unpaired) electrons. The average Bonchev–Trinajstić information content (AvgIpc) is 3.24. The number of aliphatic carboxylic acids is 1. The van der Waals surface area contributed by atoms with E-state index in [0.29, 0.717) is 22.8 Å². The van der Waals surface area contributed by atoms with Crippen molar-refractivity contribution < 1.29 is 29.0 Å². The lowest BCUT2D eigenvalue weighted by Gasteiger charge is -2.35. The number of benzene rings is 3. The average molecular weight is 772 g/mol. The molecule has 0 saturated heterocycles. The van der Waals surface area contributed by atoms with Crippen LogP contribution in [0.3, 0.4) is 0 Å². The number of carboxylic acids is 1. The van der Waals surface area contributed by atoms with Crippen molar-refractivity contribution in [1.82, 2.24) is 20.2 Å². The fourth-order valence-corrected chi connectivity index (χ4v) is 7.99. The number of carbonyl (C=O) groups excluding carboxylic acids is 3. The van der Waals surface area contributed by atoms with Gasteiger partial charge in [-0.3, -0.25) is 19.2 Å². The zero-order valence-corrected chi connectivity index (χ0v) is 32.9. The van der Waals surface area contributed by atoms with Crippen LogP contribution in [0.2, 0.25) is 0 Å². The van der Waals surface area contributed by atoms with Gasteiger partial charge in [0.05, 0.1) is 20.0 Å². The van der Waals surface area contributed by atoms with Crippen LogP contribution in [0.1, 0.15) is 91.8 Å². The van der Waals surface area contributed by atoms with Gasteiger partial charge in [0.2, 0.25) is 11.8 Å². The molecule has 2 aliphatic carbocycles.